The number of hydrogen-bond donors (Lipinski definition) is 7. The summed E-state index contributed by atoms with van der Waals surface area (Å²) in [5.41, 5.74) is 12.8. The van der Waals surface area contributed by atoms with E-state index in [4.69, 9.17) is 26.0 Å². The number of anilines is 4. The van der Waals surface area contributed by atoms with E-state index in [1.807, 2.05) is 0 Å². The largest absolute Gasteiger partial charge is 0.485 e. The number of hydrogen-bond acceptors (Lipinski definition) is 9. The Morgan fingerprint density at radius 1 is 0.736 bits per heavy atom. The topological polar surface area (TPSA) is 241 Å². The number of carboxylic acid groups (broad SMARTS) is 1. The molecule has 4 rings (SSSR count). The maximum Gasteiger partial charge on any atom is 0.335 e. The number of rotatable bonds is 16. The number of carbonyl (C=O) groups is 6. The number of nitrogens with two attached hydrogens (primary N) is 2. The second kappa shape index (κ2) is 17.7. The minimum absolute atomic E-state index is 0.00200. The van der Waals surface area contributed by atoms with Crippen LogP contribution >= 0.6 is 0 Å². The Labute approximate surface area is 304 Å². The van der Waals surface area contributed by atoms with Gasteiger partial charge in [-0.25, -0.2) is 4.79 Å². The quantitative estimate of drug-likeness (QED) is 0.0634. The lowest BCUT2D eigenvalue weighted by Crippen LogP contribution is -2.46. The lowest BCUT2D eigenvalue weighted by atomic mass is 10.1. The van der Waals surface area contributed by atoms with Crippen molar-refractivity contribution in [3.05, 3.63) is 120 Å². The first-order valence-electron chi connectivity index (χ1n) is 16.1. The molecular formula is C38H38N6O9. The van der Waals surface area contributed by atoms with Gasteiger partial charge in [-0.15, -0.1) is 0 Å². The zero-order chi connectivity index (χ0) is 38.7. The smallest absolute Gasteiger partial charge is 0.335 e. The van der Waals surface area contributed by atoms with Gasteiger partial charge in [0.05, 0.1) is 29.3 Å². The molecule has 1 atom stereocenters. The van der Waals surface area contributed by atoms with Gasteiger partial charge in [0, 0.05) is 28.2 Å². The van der Waals surface area contributed by atoms with Crippen LogP contribution in [0.5, 0.6) is 11.5 Å². The summed E-state index contributed by atoms with van der Waals surface area (Å²) < 4.78 is 11.9. The van der Waals surface area contributed by atoms with E-state index in [1.165, 1.54) is 91.0 Å². The fourth-order valence-electron chi connectivity index (χ4n) is 4.79. The molecule has 0 unspecified atom stereocenters. The molecule has 15 nitrogen and oxygen atoms in total. The van der Waals surface area contributed by atoms with Gasteiger partial charge >= 0.3 is 5.97 Å². The minimum atomic E-state index is -1.29. The number of nitrogen functional groups attached to an aromatic ring is 1. The Bertz CT molecular complexity index is 2010. The van der Waals surface area contributed by atoms with E-state index in [0.29, 0.717) is 11.4 Å². The van der Waals surface area contributed by atoms with Gasteiger partial charge < -0.3 is 47.3 Å². The first-order valence-corrected chi connectivity index (χ1v) is 16.1. The molecule has 0 heterocycles. The van der Waals surface area contributed by atoms with E-state index in [0.717, 1.165) is 0 Å². The molecule has 9 N–H and O–H groups in total. The van der Waals surface area contributed by atoms with Crippen molar-refractivity contribution in [1.82, 2.24) is 5.32 Å². The molecule has 0 spiro atoms. The Morgan fingerprint density at radius 2 is 1.30 bits per heavy atom. The molecule has 0 aromatic heterocycles. The molecule has 0 saturated carbocycles. The van der Waals surface area contributed by atoms with Crippen LogP contribution in [0.3, 0.4) is 0 Å². The van der Waals surface area contributed by atoms with Crippen LogP contribution in [0, 0.1) is 0 Å². The third-order valence-electron chi connectivity index (χ3n) is 7.31. The van der Waals surface area contributed by atoms with E-state index in [9.17, 15) is 28.8 Å². The average molecular weight is 723 g/mol. The highest BCUT2D eigenvalue weighted by atomic mass is 16.5. The molecule has 0 fully saturated rings. The SMILES string of the molecule is C=CCOc1c(C(=O)Nc2ccc(C(=O)O)cc2)ccc(NC(=O)c2ccc(NC(=O)[C@H](CC(N)=O)NC(=O)c3ccc(N)cc3)cc2)c1OC(C)C. The van der Waals surface area contributed by atoms with Crippen LogP contribution < -0.4 is 42.2 Å². The lowest BCUT2D eigenvalue weighted by molar-refractivity contribution is -0.123. The molecule has 0 saturated heterocycles. The standard InChI is InChI=1S/C38H38N6O9/c1-4-19-52-32-28(36(48)41-26-15-9-24(10-16-26)38(50)51)17-18-29(33(32)53-21(2)3)43-34(46)23-7-13-27(14-8-23)42-37(49)30(20-31(40)45)44-35(47)22-5-11-25(39)12-6-22/h4-18,21,30H,1,19-20,39H2,2-3H3,(H2,40,45)(H,41,48)(H,42,49)(H,43,46)(H,44,47)(H,50,51)/t30-/m0/s1. The molecule has 53 heavy (non-hydrogen) atoms. The third-order valence-corrected chi connectivity index (χ3v) is 7.31. The van der Waals surface area contributed by atoms with Crippen molar-refractivity contribution in [2.24, 2.45) is 5.73 Å². The minimum Gasteiger partial charge on any atom is -0.485 e. The molecular weight excluding hydrogens is 684 g/mol. The third kappa shape index (κ3) is 10.7. The van der Waals surface area contributed by atoms with Crippen molar-refractivity contribution < 1.29 is 43.3 Å². The predicted molar refractivity (Wildman–Crippen MR) is 198 cm³/mol. The van der Waals surface area contributed by atoms with Gasteiger partial charge in [0.15, 0.2) is 11.5 Å². The molecule has 0 aliphatic rings. The summed E-state index contributed by atoms with van der Waals surface area (Å²) in [6, 6.07) is 19.0. The number of carbonyl (C=O) groups excluding carboxylic acids is 5. The average Bonchev–Trinajstić information content (AvgIpc) is 3.11. The molecule has 0 bridgehead atoms. The second-order valence-electron chi connectivity index (χ2n) is 11.8. The number of amides is 5. The number of ether oxygens (including phenoxy) is 2. The lowest BCUT2D eigenvalue weighted by Gasteiger charge is -2.21. The molecule has 4 aromatic rings. The zero-order valence-electron chi connectivity index (χ0n) is 28.8. The fourth-order valence-corrected chi connectivity index (χ4v) is 4.79. The van der Waals surface area contributed by atoms with E-state index >= 15 is 0 Å². The highest BCUT2D eigenvalue weighted by Crippen LogP contribution is 2.40. The Hall–Kier alpha value is -7.16. The van der Waals surface area contributed by atoms with Crippen LogP contribution in [0.2, 0.25) is 0 Å². The van der Waals surface area contributed by atoms with Crippen LogP contribution in [0.25, 0.3) is 0 Å². The van der Waals surface area contributed by atoms with E-state index in [-0.39, 0.29) is 51.7 Å². The number of aromatic carboxylic acids is 1. The second-order valence-corrected chi connectivity index (χ2v) is 11.8. The van der Waals surface area contributed by atoms with E-state index in [1.54, 1.807) is 13.8 Å². The highest BCUT2D eigenvalue weighted by molar-refractivity contribution is 6.10. The number of primary amides is 1. The Morgan fingerprint density at radius 3 is 1.87 bits per heavy atom. The van der Waals surface area contributed by atoms with E-state index in [2.05, 4.69) is 27.8 Å². The van der Waals surface area contributed by atoms with Gasteiger partial charge in [-0.2, -0.15) is 0 Å². The van der Waals surface area contributed by atoms with Crippen LogP contribution in [-0.4, -0.2) is 59.4 Å². The summed E-state index contributed by atoms with van der Waals surface area (Å²) in [6.45, 7) is 7.17. The van der Waals surface area contributed by atoms with Crippen molar-refractivity contribution >= 4 is 58.3 Å². The summed E-state index contributed by atoms with van der Waals surface area (Å²) in [4.78, 5) is 75.5. The van der Waals surface area contributed by atoms with Gasteiger partial charge in [0.2, 0.25) is 11.8 Å². The van der Waals surface area contributed by atoms with Crippen molar-refractivity contribution in [2.45, 2.75) is 32.4 Å². The summed E-state index contributed by atoms with van der Waals surface area (Å²) >= 11 is 0. The van der Waals surface area contributed by atoms with Gasteiger partial charge in [-0.05, 0) is 98.8 Å². The predicted octanol–water partition coefficient (Wildman–Crippen LogP) is 4.44. The van der Waals surface area contributed by atoms with Crippen LogP contribution in [-0.2, 0) is 9.59 Å². The van der Waals surface area contributed by atoms with E-state index < -0.39 is 54.1 Å². The summed E-state index contributed by atoms with van der Waals surface area (Å²) in [7, 11) is 0. The summed E-state index contributed by atoms with van der Waals surface area (Å²) in [6.07, 6.45) is 0.601. The summed E-state index contributed by atoms with van der Waals surface area (Å²) in [5.74, 6) is -4.29. The maximum atomic E-state index is 13.4. The molecule has 274 valence electrons. The van der Waals surface area contributed by atoms with Crippen LogP contribution in [0.15, 0.2) is 97.6 Å². The highest BCUT2D eigenvalue weighted by Gasteiger charge is 2.25. The number of benzene rings is 4. The Kier molecular flexibility index (Phi) is 12.9. The van der Waals surface area contributed by atoms with Gasteiger partial charge in [0.1, 0.15) is 12.6 Å². The van der Waals surface area contributed by atoms with Crippen LogP contribution in [0.1, 0.15) is 61.7 Å². The Balaban J connectivity index is 1.52. The molecule has 15 heteroatoms. The maximum absolute atomic E-state index is 13.4. The molecule has 0 radical (unpaired) electrons. The molecule has 5 amide bonds. The first kappa shape index (κ1) is 38.6. The molecule has 0 aliphatic heterocycles. The van der Waals surface area contributed by atoms with Gasteiger partial charge in [0.25, 0.3) is 17.7 Å². The van der Waals surface area contributed by atoms with Crippen LogP contribution in [0.4, 0.5) is 22.7 Å². The van der Waals surface area contributed by atoms with Crippen molar-refractivity contribution in [3.8, 4) is 11.5 Å². The molecule has 4 aromatic carbocycles. The number of nitrogens with one attached hydrogen (secondary N) is 4. The van der Waals surface area contributed by atoms with Crippen molar-refractivity contribution in [3.63, 3.8) is 0 Å². The molecule has 0 aliphatic carbocycles. The summed E-state index contributed by atoms with van der Waals surface area (Å²) in [5, 5.41) is 19.7. The normalized spacial score (nSPS) is 11.1. The first-order chi connectivity index (χ1) is 25.2. The zero-order valence-corrected chi connectivity index (χ0v) is 28.8. The van der Waals surface area contributed by atoms with Gasteiger partial charge in [-0.3, -0.25) is 24.0 Å². The number of carboxylic acids is 1. The van der Waals surface area contributed by atoms with Crippen molar-refractivity contribution in [2.75, 3.05) is 28.3 Å². The van der Waals surface area contributed by atoms with Gasteiger partial charge in [-0.1, -0.05) is 12.7 Å². The fraction of sp³-hybridized carbons (Fsp3) is 0.158. The monoisotopic (exact) mass is 722 g/mol. The van der Waals surface area contributed by atoms with Crippen molar-refractivity contribution in [1.29, 1.82) is 0 Å².